The van der Waals surface area contributed by atoms with E-state index in [1.165, 1.54) is 0 Å². The van der Waals surface area contributed by atoms with E-state index in [-0.39, 0.29) is 12.5 Å². The third kappa shape index (κ3) is 4.18. The number of hydrogen-bond donors (Lipinski definition) is 2. The molecule has 2 rings (SSSR count). The molecule has 21 heavy (non-hydrogen) atoms. The van der Waals surface area contributed by atoms with Crippen LogP contribution in [0.5, 0.6) is 0 Å². The maximum Gasteiger partial charge on any atom is 0.242 e. The summed E-state index contributed by atoms with van der Waals surface area (Å²) < 4.78 is 1.70. The molecule has 1 amide bonds. The van der Waals surface area contributed by atoms with Gasteiger partial charge in [-0.15, -0.1) is 11.3 Å². The molecule has 2 aromatic heterocycles. The molecular weight excluding hydrogens is 284 g/mol. The highest BCUT2D eigenvalue weighted by molar-refractivity contribution is 7.10. The van der Waals surface area contributed by atoms with Crippen molar-refractivity contribution >= 4 is 17.2 Å². The van der Waals surface area contributed by atoms with Crippen LogP contribution < -0.4 is 11.1 Å². The first-order valence-electron chi connectivity index (χ1n) is 6.63. The lowest BCUT2D eigenvalue weighted by Crippen LogP contribution is -2.27. The van der Waals surface area contributed by atoms with E-state index in [2.05, 4.69) is 22.3 Å². The first kappa shape index (κ1) is 15.3. The largest absolute Gasteiger partial charge is 0.350 e. The van der Waals surface area contributed by atoms with E-state index in [0.29, 0.717) is 13.1 Å². The predicted molar refractivity (Wildman–Crippen MR) is 83.8 cm³/mol. The summed E-state index contributed by atoms with van der Waals surface area (Å²) in [4.78, 5) is 13.0. The summed E-state index contributed by atoms with van der Waals surface area (Å²) in [7, 11) is 0. The van der Waals surface area contributed by atoms with Gasteiger partial charge in [-0.25, -0.2) is 0 Å². The number of carbonyl (C=O) groups excluding carboxylic acids is 1. The molecule has 6 heteroatoms. The lowest BCUT2D eigenvalue weighted by molar-refractivity contribution is -0.122. The molecule has 0 aliphatic rings. The van der Waals surface area contributed by atoms with Crippen LogP contribution in [0.15, 0.2) is 17.5 Å². The second-order valence-corrected chi connectivity index (χ2v) is 5.63. The fraction of sp³-hybridized carbons (Fsp3) is 0.333. The fourth-order valence-electron chi connectivity index (χ4n) is 1.94. The van der Waals surface area contributed by atoms with E-state index in [9.17, 15) is 4.79 Å². The molecule has 2 aromatic rings. The normalized spacial score (nSPS) is 10.0. The number of aryl methyl sites for hydroxylation is 2. The van der Waals surface area contributed by atoms with Crippen molar-refractivity contribution in [1.29, 1.82) is 0 Å². The van der Waals surface area contributed by atoms with Crippen LogP contribution in [-0.4, -0.2) is 22.2 Å². The molecule has 0 unspecified atom stereocenters. The second-order valence-electron chi connectivity index (χ2n) is 4.62. The average Bonchev–Trinajstić information content (AvgIpc) is 3.01. The smallest absolute Gasteiger partial charge is 0.242 e. The number of hydrogen-bond acceptors (Lipinski definition) is 4. The molecule has 0 spiro atoms. The minimum Gasteiger partial charge on any atom is -0.350 e. The van der Waals surface area contributed by atoms with Crippen molar-refractivity contribution in [2.75, 3.05) is 6.54 Å². The molecule has 0 bridgehead atoms. The van der Waals surface area contributed by atoms with Crippen LogP contribution >= 0.6 is 11.3 Å². The topological polar surface area (TPSA) is 72.9 Å². The number of nitrogens with zero attached hydrogens (tertiary/aromatic N) is 2. The van der Waals surface area contributed by atoms with Crippen molar-refractivity contribution in [1.82, 2.24) is 15.1 Å². The summed E-state index contributed by atoms with van der Waals surface area (Å²) in [6, 6.07) is 3.89. The van der Waals surface area contributed by atoms with Gasteiger partial charge in [-0.05, 0) is 31.4 Å². The van der Waals surface area contributed by atoms with Crippen molar-refractivity contribution in [2.45, 2.75) is 26.9 Å². The average molecular weight is 302 g/mol. The van der Waals surface area contributed by atoms with Crippen molar-refractivity contribution in [3.8, 4) is 11.8 Å². The number of rotatable bonds is 4. The zero-order chi connectivity index (χ0) is 15.2. The van der Waals surface area contributed by atoms with Gasteiger partial charge in [0, 0.05) is 16.1 Å². The van der Waals surface area contributed by atoms with E-state index in [0.717, 1.165) is 21.8 Å². The Kier molecular flexibility index (Phi) is 5.14. The molecule has 0 radical (unpaired) electrons. The van der Waals surface area contributed by atoms with Gasteiger partial charge >= 0.3 is 0 Å². The van der Waals surface area contributed by atoms with Gasteiger partial charge < -0.3 is 11.1 Å². The van der Waals surface area contributed by atoms with Crippen molar-refractivity contribution in [2.24, 2.45) is 5.73 Å². The number of thiophene rings is 1. The summed E-state index contributed by atoms with van der Waals surface area (Å²) in [5, 5.41) is 9.14. The molecule has 0 saturated heterocycles. The van der Waals surface area contributed by atoms with E-state index in [1.807, 2.05) is 31.4 Å². The third-order valence-electron chi connectivity index (χ3n) is 2.91. The van der Waals surface area contributed by atoms with Crippen LogP contribution in [-0.2, 0) is 17.9 Å². The third-order valence-corrected chi connectivity index (χ3v) is 3.83. The molecule has 110 valence electrons. The molecule has 2 heterocycles. The van der Waals surface area contributed by atoms with Gasteiger partial charge in [0.2, 0.25) is 5.91 Å². The molecule has 0 aliphatic carbocycles. The molecule has 0 aromatic carbocycles. The van der Waals surface area contributed by atoms with Crippen molar-refractivity contribution in [3.05, 3.63) is 39.3 Å². The molecule has 0 fully saturated rings. The Bertz CT molecular complexity index is 690. The zero-order valence-electron chi connectivity index (χ0n) is 12.1. The van der Waals surface area contributed by atoms with Crippen LogP contribution in [0.2, 0.25) is 0 Å². The van der Waals surface area contributed by atoms with E-state index in [1.54, 1.807) is 16.0 Å². The minimum atomic E-state index is -0.0627. The minimum absolute atomic E-state index is 0.0627. The maximum absolute atomic E-state index is 12.0. The molecular formula is C15H18N4OS. The van der Waals surface area contributed by atoms with Gasteiger partial charge in [0.05, 0.1) is 18.8 Å². The number of aromatic nitrogens is 2. The van der Waals surface area contributed by atoms with Crippen LogP contribution in [0.3, 0.4) is 0 Å². The summed E-state index contributed by atoms with van der Waals surface area (Å²) in [6.45, 7) is 4.89. The van der Waals surface area contributed by atoms with E-state index < -0.39 is 0 Å². The Hall–Kier alpha value is -2.10. The lowest BCUT2D eigenvalue weighted by Gasteiger charge is -2.06. The number of amides is 1. The van der Waals surface area contributed by atoms with Crippen LogP contribution in [0, 0.1) is 25.7 Å². The zero-order valence-corrected chi connectivity index (χ0v) is 13.0. The van der Waals surface area contributed by atoms with Gasteiger partial charge in [0.15, 0.2) is 0 Å². The first-order chi connectivity index (χ1) is 10.1. The standard InChI is InChI=1S/C15H18N4OS/c1-11-8-12(2)19(18-11)10-15(20)17-9-14-13(4-3-6-16)5-7-21-14/h5,7-8H,6,9-10,16H2,1-2H3,(H,17,20). The summed E-state index contributed by atoms with van der Waals surface area (Å²) in [5.74, 6) is 5.77. The fourth-order valence-corrected chi connectivity index (χ4v) is 2.71. The van der Waals surface area contributed by atoms with Crippen LogP contribution in [0.1, 0.15) is 21.8 Å². The van der Waals surface area contributed by atoms with Gasteiger partial charge in [-0.3, -0.25) is 9.48 Å². The number of nitrogens with two attached hydrogens (primary N) is 1. The number of carbonyl (C=O) groups is 1. The molecule has 5 nitrogen and oxygen atoms in total. The Morgan fingerprint density at radius 1 is 1.52 bits per heavy atom. The SMILES string of the molecule is Cc1cc(C)n(CC(=O)NCc2sccc2C#CCN)n1. The monoisotopic (exact) mass is 302 g/mol. The molecule has 0 aliphatic heterocycles. The van der Waals surface area contributed by atoms with Crippen molar-refractivity contribution < 1.29 is 4.79 Å². The predicted octanol–water partition coefficient (Wildman–Crippen LogP) is 1.19. The summed E-state index contributed by atoms with van der Waals surface area (Å²) in [5.41, 5.74) is 8.19. The number of nitrogens with one attached hydrogen (secondary N) is 1. The highest BCUT2D eigenvalue weighted by Gasteiger charge is 2.08. The van der Waals surface area contributed by atoms with Crippen molar-refractivity contribution in [3.63, 3.8) is 0 Å². The Morgan fingerprint density at radius 3 is 3.00 bits per heavy atom. The van der Waals surface area contributed by atoms with Crippen LogP contribution in [0.4, 0.5) is 0 Å². The second kappa shape index (κ2) is 7.07. The first-order valence-corrected chi connectivity index (χ1v) is 7.51. The van der Waals surface area contributed by atoms with Crippen LogP contribution in [0.25, 0.3) is 0 Å². The van der Waals surface area contributed by atoms with Gasteiger partial charge in [-0.2, -0.15) is 5.10 Å². The summed E-state index contributed by atoms with van der Waals surface area (Å²) >= 11 is 1.58. The van der Waals surface area contributed by atoms with E-state index >= 15 is 0 Å². The Morgan fingerprint density at radius 2 is 2.33 bits per heavy atom. The maximum atomic E-state index is 12.0. The quantitative estimate of drug-likeness (QED) is 0.833. The van der Waals surface area contributed by atoms with Gasteiger partial charge in [-0.1, -0.05) is 11.8 Å². The Balaban J connectivity index is 1.92. The van der Waals surface area contributed by atoms with Gasteiger partial charge in [0.25, 0.3) is 0 Å². The van der Waals surface area contributed by atoms with E-state index in [4.69, 9.17) is 5.73 Å². The summed E-state index contributed by atoms with van der Waals surface area (Å²) in [6.07, 6.45) is 0. The highest BCUT2D eigenvalue weighted by atomic mass is 32.1. The molecule has 0 atom stereocenters. The van der Waals surface area contributed by atoms with Gasteiger partial charge in [0.1, 0.15) is 6.54 Å². The Labute approximate surface area is 128 Å². The highest BCUT2D eigenvalue weighted by Crippen LogP contribution is 2.15. The lowest BCUT2D eigenvalue weighted by atomic mass is 10.2. The molecule has 3 N–H and O–H groups in total. The molecule has 0 saturated carbocycles.